The number of furan rings is 2. The van der Waals surface area contributed by atoms with Crippen molar-refractivity contribution in [2.24, 2.45) is 0 Å². The van der Waals surface area contributed by atoms with Gasteiger partial charge in [0.25, 0.3) is 0 Å². The molecule has 0 aliphatic rings. The topological polar surface area (TPSA) is 32.8 Å². The summed E-state index contributed by atoms with van der Waals surface area (Å²) in [4.78, 5) is 4.72. The molecular formula is C64H44N2O2. The van der Waals surface area contributed by atoms with Crippen LogP contribution in [0.4, 0.5) is 34.1 Å². The van der Waals surface area contributed by atoms with Crippen LogP contribution in [0.25, 0.3) is 87.7 Å². The van der Waals surface area contributed by atoms with Crippen molar-refractivity contribution in [1.82, 2.24) is 0 Å². The first-order valence-electron chi connectivity index (χ1n) is 23.2. The predicted octanol–water partition coefficient (Wildman–Crippen LogP) is 18.7. The van der Waals surface area contributed by atoms with Crippen LogP contribution in [-0.4, -0.2) is 0 Å². The molecule has 11 aromatic carbocycles. The van der Waals surface area contributed by atoms with Crippen LogP contribution >= 0.6 is 0 Å². The lowest BCUT2D eigenvalue weighted by Gasteiger charge is -2.28. The van der Waals surface area contributed by atoms with Crippen LogP contribution in [0.5, 0.6) is 0 Å². The Labute approximate surface area is 394 Å². The summed E-state index contributed by atoms with van der Waals surface area (Å²) in [6.45, 7) is 4.37. The third-order valence-electron chi connectivity index (χ3n) is 13.6. The molecule has 0 atom stereocenters. The van der Waals surface area contributed by atoms with Gasteiger partial charge in [0.1, 0.15) is 22.3 Å². The van der Waals surface area contributed by atoms with E-state index < -0.39 is 0 Å². The first-order chi connectivity index (χ1) is 33.5. The van der Waals surface area contributed by atoms with E-state index in [9.17, 15) is 0 Å². The van der Waals surface area contributed by atoms with Gasteiger partial charge in [-0.05, 0) is 166 Å². The average molecular weight is 873 g/mol. The molecule has 13 rings (SSSR count). The highest BCUT2D eigenvalue weighted by atomic mass is 16.3. The van der Waals surface area contributed by atoms with Crippen molar-refractivity contribution in [3.8, 4) is 22.3 Å². The molecule has 322 valence electrons. The fourth-order valence-corrected chi connectivity index (χ4v) is 10.1. The standard InChI is InChI=1S/C64H44N2O2/c1-41-23-25-47(43-15-7-3-8-16-43)35-59(41)65(51-19-11-5-12-20-51)53-29-27-45-33-55-57-39-64-58(40-63(57)67-61(55)37-49(45)31-53)56-34-46-28-30-54(32-50(46)38-62(56)68-64)66(52-21-13-6-14-22-52)60-36-48(26-24-42(60)2)44-17-9-4-10-18-44/h3-40H,1-2H3. The summed E-state index contributed by atoms with van der Waals surface area (Å²) in [5, 5.41) is 8.71. The van der Waals surface area contributed by atoms with Gasteiger partial charge in [0, 0.05) is 55.7 Å². The zero-order chi connectivity index (χ0) is 45.3. The van der Waals surface area contributed by atoms with Crippen molar-refractivity contribution in [3.05, 3.63) is 242 Å². The first kappa shape index (κ1) is 39.5. The van der Waals surface area contributed by atoms with Crippen LogP contribution in [0.1, 0.15) is 11.1 Å². The summed E-state index contributed by atoms with van der Waals surface area (Å²) in [6.07, 6.45) is 0. The van der Waals surface area contributed by atoms with Gasteiger partial charge in [-0.25, -0.2) is 0 Å². The first-order valence-corrected chi connectivity index (χ1v) is 23.2. The Bertz CT molecular complexity index is 3780. The van der Waals surface area contributed by atoms with E-state index in [-0.39, 0.29) is 0 Å². The van der Waals surface area contributed by atoms with Crippen molar-refractivity contribution in [1.29, 1.82) is 0 Å². The Kier molecular flexibility index (Phi) is 9.26. The van der Waals surface area contributed by atoms with Crippen LogP contribution in [0.3, 0.4) is 0 Å². The van der Waals surface area contributed by atoms with E-state index in [1.807, 2.05) is 0 Å². The Morgan fingerprint density at radius 3 is 1.04 bits per heavy atom. The molecule has 0 fully saturated rings. The second-order valence-electron chi connectivity index (χ2n) is 17.9. The van der Waals surface area contributed by atoms with Crippen molar-refractivity contribution in [2.75, 3.05) is 9.80 Å². The van der Waals surface area contributed by atoms with E-state index in [0.29, 0.717) is 0 Å². The van der Waals surface area contributed by atoms with E-state index in [1.165, 1.54) is 33.4 Å². The SMILES string of the molecule is Cc1ccc(-c2ccccc2)cc1N(c1ccccc1)c1ccc2cc3c(cc2c1)oc1cc2c(cc13)oc1cc3cc(N(c4ccccc4)c4cc(-c5ccccc5)ccc4C)ccc3cc12. The number of benzene rings is 11. The zero-order valence-corrected chi connectivity index (χ0v) is 37.7. The quantitative estimate of drug-likeness (QED) is 0.152. The highest BCUT2D eigenvalue weighted by molar-refractivity contribution is 6.18. The third-order valence-corrected chi connectivity index (χ3v) is 13.6. The molecule has 2 heterocycles. The fraction of sp³-hybridized carbons (Fsp3) is 0.0312. The minimum absolute atomic E-state index is 0.840. The molecule has 0 unspecified atom stereocenters. The van der Waals surface area contributed by atoms with Crippen molar-refractivity contribution in [2.45, 2.75) is 13.8 Å². The molecule has 0 saturated carbocycles. The van der Waals surface area contributed by atoms with Crippen LogP contribution in [0, 0.1) is 13.8 Å². The molecule has 0 N–H and O–H groups in total. The van der Waals surface area contributed by atoms with Gasteiger partial charge in [-0.2, -0.15) is 0 Å². The molecular weight excluding hydrogens is 829 g/mol. The Morgan fingerprint density at radius 2 is 0.632 bits per heavy atom. The number of hydrogen-bond donors (Lipinski definition) is 0. The Hall–Kier alpha value is -8.86. The second kappa shape index (κ2) is 15.9. The van der Waals surface area contributed by atoms with E-state index in [2.05, 4.69) is 254 Å². The number of nitrogens with zero attached hydrogens (tertiary/aromatic N) is 2. The number of fused-ring (bicyclic) bond motifs is 8. The maximum Gasteiger partial charge on any atom is 0.136 e. The molecule has 0 amide bonds. The lowest BCUT2D eigenvalue weighted by atomic mass is 10.0. The van der Waals surface area contributed by atoms with Gasteiger partial charge in [-0.15, -0.1) is 0 Å². The zero-order valence-electron chi connectivity index (χ0n) is 37.7. The van der Waals surface area contributed by atoms with Crippen LogP contribution in [0.15, 0.2) is 239 Å². The van der Waals surface area contributed by atoms with Gasteiger partial charge >= 0.3 is 0 Å². The Balaban J connectivity index is 0.891. The molecule has 0 spiro atoms. The summed E-state index contributed by atoms with van der Waals surface area (Å²) in [5.41, 5.74) is 17.1. The molecule has 13 aromatic rings. The third kappa shape index (κ3) is 6.77. The van der Waals surface area contributed by atoms with Crippen molar-refractivity contribution < 1.29 is 8.83 Å². The lowest BCUT2D eigenvalue weighted by Crippen LogP contribution is -2.11. The predicted molar refractivity (Wildman–Crippen MR) is 286 cm³/mol. The summed E-state index contributed by atoms with van der Waals surface area (Å²) >= 11 is 0. The number of aryl methyl sites for hydroxylation is 2. The Morgan fingerprint density at radius 1 is 0.265 bits per heavy atom. The number of anilines is 6. The van der Waals surface area contributed by atoms with Gasteiger partial charge in [-0.3, -0.25) is 0 Å². The van der Waals surface area contributed by atoms with E-state index in [1.54, 1.807) is 0 Å². The van der Waals surface area contributed by atoms with Gasteiger partial charge in [0.15, 0.2) is 0 Å². The molecule has 68 heavy (non-hydrogen) atoms. The minimum Gasteiger partial charge on any atom is -0.456 e. The highest BCUT2D eigenvalue weighted by Crippen LogP contribution is 2.44. The minimum atomic E-state index is 0.840. The van der Waals surface area contributed by atoms with Gasteiger partial charge < -0.3 is 18.6 Å². The molecule has 4 heteroatoms. The summed E-state index contributed by atoms with van der Waals surface area (Å²) in [7, 11) is 0. The van der Waals surface area contributed by atoms with Gasteiger partial charge in [0.2, 0.25) is 0 Å². The smallest absolute Gasteiger partial charge is 0.136 e. The summed E-state index contributed by atoms with van der Waals surface area (Å²) in [6, 6.07) is 82.6. The number of hydrogen-bond acceptors (Lipinski definition) is 4. The molecule has 0 saturated heterocycles. The number of para-hydroxylation sites is 2. The van der Waals surface area contributed by atoms with Gasteiger partial charge in [-0.1, -0.05) is 133 Å². The highest BCUT2D eigenvalue weighted by Gasteiger charge is 2.20. The van der Waals surface area contributed by atoms with E-state index in [0.717, 1.165) is 99.5 Å². The molecule has 0 radical (unpaired) electrons. The lowest BCUT2D eigenvalue weighted by molar-refractivity contribution is 0.664. The normalized spacial score (nSPS) is 11.7. The van der Waals surface area contributed by atoms with Gasteiger partial charge in [0.05, 0.1) is 0 Å². The second-order valence-corrected chi connectivity index (χ2v) is 17.9. The molecule has 0 bridgehead atoms. The monoisotopic (exact) mass is 872 g/mol. The molecule has 0 aliphatic heterocycles. The summed E-state index contributed by atoms with van der Waals surface area (Å²) in [5.74, 6) is 0. The maximum atomic E-state index is 6.74. The maximum absolute atomic E-state index is 6.74. The van der Waals surface area contributed by atoms with Crippen molar-refractivity contribution in [3.63, 3.8) is 0 Å². The fourth-order valence-electron chi connectivity index (χ4n) is 10.1. The largest absolute Gasteiger partial charge is 0.456 e. The molecule has 2 aromatic heterocycles. The number of rotatable bonds is 8. The van der Waals surface area contributed by atoms with Crippen LogP contribution in [-0.2, 0) is 0 Å². The van der Waals surface area contributed by atoms with E-state index >= 15 is 0 Å². The summed E-state index contributed by atoms with van der Waals surface area (Å²) < 4.78 is 13.5. The average Bonchev–Trinajstić information content (AvgIpc) is 3.92. The van der Waals surface area contributed by atoms with Crippen molar-refractivity contribution >= 4 is 99.5 Å². The van der Waals surface area contributed by atoms with E-state index in [4.69, 9.17) is 8.83 Å². The molecule has 4 nitrogen and oxygen atoms in total. The van der Waals surface area contributed by atoms with Crippen LogP contribution < -0.4 is 9.80 Å². The molecule has 0 aliphatic carbocycles. The van der Waals surface area contributed by atoms with Crippen LogP contribution in [0.2, 0.25) is 0 Å².